The van der Waals surface area contributed by atoms with Gasteiger partial charge in [0.05, 0.1) is 11.6 Å². The van der Waals surface area contributed by atoms with E-state index in [1.54, 1.807) is 6.20 Å². The Labute approximate surface area is 122 Å². The van der Waals surface area contributed by atoms with Gasteiger partial charge in [0.1, 0.15) is 0 Å². The van der Waals surface area contributed by atoms with Crippen LogP contribution in [0.4, 0.5) is 0 Å². The third-order valence-corrected chi connectivity index (χ3v) is 3.79. The van der Waals surface area contributed by atoms with Crippen molar-refractivity contribution in [3.8, 4) is 0 Å². The van der Waals surface area contributed by atoms with Crippen LogP contribution in [0.15, 0.2) is 42.7 Å². The molecule has 0 aliphatic carbocycles. The number of benzene rings is 1. The van der Waals surface area contributed by atoms with E-state index in [-0.39, 0.29) is 0 Å². The quantitative estimate of drug-likeness (QED) is 0.757. The molecule has 5 heteroatoms. The normalized spacial score (nSPS) is 12.9. The molecule has 0 saturated carbocycles. The topological polar surface area (TPSA) is 45.6 Å². The highest BCUT2D eigenvalue weighted by Crippen LogP contribution is 2.26. The van der Waals surface area contributed by atoms with Crippen molar-refractivity contribution < 1.29 is 0 Å². The molecule has 0 spiro atoms. The third-order valence-electron chi connectivity index (χ3n) is 3.36. The molecule has 2 heterocycles. The number of para-hydroxylation sites is 1. The van der Waals surface area contributed by atoms with Crippen LogP contribution in [0.2, 0.25) is 5.02 Å². The Morgan fingerprint density at radius 1 is 1.35 bits per heavy atom. The Morgan fingerprint density at radius 2 is 2.20 bits per heavy atom. The third kappa shape index (κ3) is 2.71. The molecule has 20 heavy (non-hydrogen) atoms. The van der Waals surface area contributed by atoms with Crippen molar-refractivity contribution >= 4 is 22.5 Å². The number of halogens is 1. The molecular formula is C15H17ClN4. The van der Waals surface area contributed by atoms with Gasteiger partial charge in [0.2, 0.25) is 0 Å². The second-order valence-electron chi connectivity index (χ2n) is 4.97. The van der Waals surface area contributed by atoms with Crippen molar-refractivity contribution in [2.45, 2.75) is 26.1 Å². The maximum absolute atomic E-state index is 6.39. The average molecular weight is 289 g/mol. The maximum Gasteiger partial charge on any atom is 0.0705 e. The summed E-state index contributed by atoms with van der Waals surface area (Å²) in [4.78, 5) is 3.36. The molecule has 0 fully saturated rings. The zero-order valence-electron chi connectivity index (χ0n) is 11.3. The minimum absolute atomic E-state index is 0.317. The van der Waals surface area contributed by atoms with Gasteiger partial charge in [-0.15, -0.1) is 0 Å². The van der Waals surface area contributed by atoms with Gasteiger partial charge >= 0.3 is 0 Å². The van der Waals surface area contributed by atoms with E-state index in [0.717, 1.165) is 34.7 Å². The van der Waals surface area contributed by atoms with E-state index in [2.05, 4.69) is 22.3 Å². The number of aromatic amines is 1. The molecular weight excluding hydrogens is 272 g/mol. The highest BCUT2D eigenvalue weighted by atomic mass is 35.5. The summed E-state index contributed by atoms with van der Waals surface area (Å²) >= 11 is 6.39. The second-order valence-corrected chi connectivity index (χ2v) is 5.35. The lowest BCUT2D eigenvalue weighted by Gasteiger charge is -2.13. The fourth-order valence-corrected chi connectivity index (χ4v) is 2.59. The number of nitrogens with zero attached hydrogens (tertiary/aromatic N) is 2. The van der Waals surface area contributed by atoms with E-state index < -0.39 is 0 Å². The van der Waals surface area contributed by atoms with Crippen LogP contribution in [0, 0.1) is 0 Å². The van der Waals surface area contributed by atoms with Gasteiger partial charge in [0, 0.05) is 41.6 Å². The highest BCUT2D eigenvalue weighted by molar-refractivity contribution is 6.36. The molecule has 0 aliphatic heterocycles. The molecule has 0 aliphatic rings. The number of rotatable bonds is 5. The van der Waals surface area contributed by atoms with Gasteiger partial charge in [0.25, 0.3) is 0 Å². The zero-order chi connectivity index (χ0) is 13.9. The fourth-order valence-electron chi connectivity index (χ4n) is 2.32. The van der Waals surface area contributed by atoms with Gasteiger partial charge in [-0.1, -0.05) is 29.8 Å². The Bertz CT molecular complexity index is 687. The minimum atomic E-state index is 0.317. The van der Waals surface area contributed by atoms with Crippen LogP contribution in [-0.4, -0.2) is 20.8 Å². The molecule has 4 nitrogen and oxygen atoms in total. The van der Waals surface area contributed by atoms with Crippen LogP contribution < -0.4 is 5.32 Å². The van der Waals surface area contributed by atoms with Gasteiger partial charge in [-0.25, -0.2) is 0 Å². The Balaban J connectivity index is 1.66. The van der Waals surface area contributed by atoms with E-state index >= 15 is 0 Å². The Hall–Kier alpha value is -1.78. The molecule has 0 radical (unpaired) electrons. The molecule has 0 saturated heterocycles. The van der Waals surface area contributed by atoms with Crippen molar-refractivity contribution in [1.82, 2.24) is 20.1 Å². The summed E-state index contributed by atoms with van der Waals surface area (Å²) in [6.07, 6.45) is 3.76. The molecule has 0 bridgehead atoms. The van der Waals surface area contributed by atoms with Gasteiger partial charge in [-0.05, 0) is 19.1 Å². The van der Waals surface area contributed by atoms with Crippen molar-refractivity contribution in [2.75, 3.05) is 0 Å². The van der Waals surface area contributed by atoms with Crippen LogP contribution in [0.25, 0.3) is 10.9 Å². The van der Waals surface area contributed by atoms with Gasteiger partial charge in [-0.2, -0.15) is 5.10 Å². The maximum atomic E-state index is 6.39. The van der Waals surface area contributed by atoms with Gasteiger partial charge in [-0.3, -0.25) is 4.68 Å². The number of aromatic nitrogens is 3. The van der Waals surface area contributed by atoms with Crippen molar-refractivity contribution in [3.05, 3.63) is 53.4 Å². The zero-order valence-corrected chi connectivity index (χ0v) is 12.1. The number of H-pyrrole nitrogens is 1. The molecule has 3 rings (SSSR count). The lowest BCUT2D eigenvalue weighted by atomic mass is 10.2. The van der Waals surface area contributed by atoms with E-state index in [9.17, 15) is 0 Å². The summed E-state index contributed by atoms with van der Waals surface area (Å²) in [5.74, 6) is 0. The number of nitrogens with one attached hydrogen (secondary N) is 2. The predicted octanol–water partition coefficient (Wildman–Crippen LogP) is 3.20. The first kappa shape index (κ1) is 13.2. The van der Waals surface area contributed by atoms with Crippen LogP contribution in [-0.2, 0) is 13.1 Å². The van der Waals surface area contributed by atoms with Crippen LogP contribution in [0.5, 0.6) is 0 Å². The summed E-state index contributed by atoms with van der Waals surface area (Å²) < 4.78 is 1.92. The average Bonchev–Trinajstić information content (AvgIpc) is 3.06. The first-order chi connectivity index (χ1) is 9.74. The smallest absolute Gasteiger partial charge is 0.0705 e. The van der Waals surface area contributed by atoms with Crippen molar-refractivity contribution in [1.29, 1.82) is 0 Å². The molecule has 104 valence electrons. The lowest BCUT2D eigenvalue weighted by molar-refractivity contribution is 0.449. The summed E-state index contributed by atoms with van der Waals surface area (Å²) in [7, 11) is 0. The second kappa shape index (κ2) is 5.69. The molecule has 0 amide bonds. The minimum Gasteiger partial charge on any atom is -0.356 e. The van der Waals surface area contributed by atoms with E-state index in [4.69, 9.17) is 11.6 Å². The van der Waals surface area contributed by atoms with Crippen LogP contribution in [0.1, 0.15) is 12.6 Å². The number of hydrogen-bond acceptors (Lipinski definition) is 2. The van der Waals surface area contributed by atoms with E-state index in [1.165, 1.54) is 0 Å². The summed E-state index contributed by atoms with van der Waals surface area (Å²) in [6.45, 7) is 3.69. The highest BCUT2D eigenvalue weighted by Gasteiger charge is 2.10. The predicted molar refractivity (Wildman–Crippen MR) is 81.8 cm³/mol. The fraction of sp³-hybridized carbons (Fsp3) is 0.267. The molecule has 3 aromatic rings. The van der Waals surface area contributed by atoms with Crippen LogP contribution in [0.3, 0.4) is 0 Å². The Morgan fingerprint density at radius 3 is 2.95 bits per heavy atom. The van der Waals surface area contributed by atoms with E-state index in [1.807, 2.05) is 41.2 Å². The SMILES string of the molecule is CC(Cn1cccn1)NCc1[nH]c2ccccc2c1Cl. The summed E-state index contributed by atoms with van der Waals surface area (Å²) in [5, 5.41) is 9.55. The standard InChI is InChI=1S/C15H17ClN4/c1-11(10-20-8-4-7-18-20)17-9-14-15(16)12-5-2-3-6-13(12)19-14/h2-8,11,17,19H,9-10H2,1H3. The molecule has 2 aromatic heterocycles. The van der Waals surface area contributed by atoms with Crippen molar-refractivity contribution in [2.24, 2.45) is 0 Å². The molecule has 1 atom stereocenters. The number of fused-ring (bicyclic) bond motifs is 1. The Kier molecular flexibility index (Phi) is 3.76. The molecule has 1 aromatic carbocycles. The monoisotopic (exact) mass is 288 g/mol. The number of hydrogen-bond donors (Lipinski definition) is 2. The molecule has 1 unspecified atom stereocenters. The largest absolute Gasteiger partial charge is 0.356 e. The lowest BCUT2D eigenvalue weighted by Crippen LogP contribution is -2.30. The van der Waals surface area contributed by atoms with E-state index in [0.29, 0.717) is 6.04 Å². The van der Waals surface area contributed by atoms with Crippen LogP contribution >= 0.6 is 11.6 Å². The first-order valence-corrected chi connectivity index (χ1v) is 7.07. The van der Waals surface area contributed by atoms with Crippen molar-refractivity contribution in [3.63, 3.8) is 0 Å². The summed E-state index contributed by atoms with van der Waals surface area (Å²) in [5.41, 5.74) is 2.11. The van der Waals surface area contributed by atoms with Gasteiger partial charge < -0.3 is 10.3 Å². The molecule has 2 N–H and O–H groups in total. The summed E-state index contributed by atoms with van der Waals surface area (Å²) in [6, 6.07) is 10.3. The van der Waals surface area contributed by atoms with Gasteiger partial charge in [0.15, 0.2) is 0 Å². The first-order valence-electron chi connectivity index (χ1n) is 6.70.